The molecule has 0 aromatic heterocycles. The maximum Gasteiger partial charge on any atom is 0.342 e. The highest BCUT2D eigenvalue weighted by Crippen LogP contribution is 2.31. The molecule has 124 valence electrons. The first-order valence-corrected chi connectivity index (χ1v) is 7.77. The van der Waals surface area contributed by atoms with Gasteiger partial charge in [0.1, 0.15) is 5.75 Å². The molecule has 6 nitrogen and oxygen atoms in total. The summed E-state index contributed by atoms with van der Waals surface area (Å²) in [6.45, 7) is 3.48. The molecule has 0 fully saturated rings. The molecule has 0 aliphatic heterocycles. The minimum absolute atomic E-state index is 0.0509. The second-order valence-electron chi connectivity index (χ2n) is 5.17. The summed E-state index contributed by atoms with van der Waals surface area (Å²) in [5.41, 5.74) is 1.93. The molecule has 2 N–H and O–H groups in total. The van der Waals surface area contributed by atoms with Crippen molar-refractivity contribution in [3.05, 3.63) is 68.1 Å². The Labute approximate surface area is 142 Å². The molecule has 0 saturated carbocycles. The van der Waals surface area contributed by atoms with E-state index >= 15 is 0 Å². The van der Waals surface area contributed by atoms with E-state index in [4.69, 9.17) is 0 Å². The topological polar surface area (TPSA) is 101 Å². The molecule has 2 aromatic carbocycles. The molecule has 0 atom stereocenters. The zero-order valence-corrected chi connectivity index (χ0v) is 13.8. The summed E-state index contributed by atoms with van der Waals surface area (Å²) < 4.78 is 0. The van der Waals surface area contributed by atoms with Crippen LogP contribution in [0.1, 0.15) is 16.7 Å². The molecule has 0 amide bonds. The first kappa shape index (κ1) is 17.6. The van der Waals surface area contributed by atoms with Crippen LogP contribution >= 0.6 is 11.8 Å². The third-order valence-corrected chi connectivity index (χ3v) is 4.32. The van der Waals surface area contributed by atoms with Crippen molar-refractivity contribution in [3.63, 3.8) is 0 Å². The van der Waals surface area contributed by atoms with Crippen molar-refractivity contribution in [2.75, 3.05) is 0 Å². The average molecular weight is 345 g/mol. The van der Waals surface area contributed by atoms with Crippen LogP contribution in [-0.2, 0) is 4.79 Å². The van der Waals surface area contributed by atoms with E-state index in [2.05, 4.69) is 0 Å². The van der Waals surface area contributed by atoms with E-state index in [1.54, 1.807) is 26.0 Å². The number of hydrogen-bond acceptors (Lipinski definition) is 5. The van der Waals surface area contributed by atoms with Crippen LogP contribution in [0.2, 0.25) is 0 Å². The number of aryl methyl sites for hydroxylation is 2. The number of carbonyl (C=O) groups is 1. The van der Waals surface area contributed by atoms with Gasteiger partial charge in [-0.25, -0.2) is 4.79 Å². The number of rotatable bonds is 5. The number of nitrogens with zero attached hydrogens (tertiary/aromatic N) is 1. The monoisotopic (exact) mass is 345 g/mol. The normalized spacial score (nSPS) is 11.3. The number of phenols is 1. The maximum atomic E-state index is 11.5. The van der Waals surface area contributed by atoms with Crippen molar-refractivity contribution < 1.29 is 19.9 Å². The molecular formula is C17H15NO5S. The number of non-ortho nitro benzene ring substituents is 1. The summed E-state index contributed by atoms with van der Waals surface area (Å²) in [5.74, 6) is -0.909. The van der Waals surface area contributed by atoms with Gasteiger partial charge in [-0.2, -0.15) is 0 Å². The molecule has 0 unspecified atom stereocenters. The molecule has 0 spiro atoms. The van der Waals surface area contributed by atoms with Gasteiger partial charge in [-0.3, -0.25) is 10.1 Å². The Bertz CT molecular complexity index is 804. The number of hydrogen-bond donors (Lipinski definition) is 2. The van der Waals surface area contributed by atoms with Crippen LogP contribution in [0, 0.1) is 24.0 Å². The molecule has 0 bridgehead atoms. The predicted molar refractivity (Wildman–Crippen MR) is 92.1 cm³/mol. The third kappa shape index (κ3) is 4.14. The van der Waals surface area contributed by atoms with Crippen LogP contribution < -0.4 is 0 Å². The quantitative estimate of drug-likeness (QED) is 0.366. The lowest BCUT2D eigenvalue weighted by molar-refractivity contribution is -0.384. The Morgan fingerprint density at radius 3 is 2.17 bits per heavy atom. The van der Waals surface area contributed by atoms with Gasteiger partial charge < -0.3 is 10.2 Å². The largest absolute Gasteiger partial charge is 0.507 e. The second-order valence-corrected chi connectivity index (χ2v) is 6.29. The van der Waals surface area contributed by atoms with Crippen LogP contribution in [0.3, 0.4) is 0 Å². The lowest BCUT2D eigenvalue weighted by Crippen LogP contribution is -1.97. The van der Waals surface area contributed by atoms with E-state index in [1.807, 2.05) is 0 Å². The third-order valence-electron chi connectivity index (χ3n) is 3.30. The van der Waals surface area contributed by atoms with Gasteiger partial charge in [0.2, 0.25) is 0 Å². The molecule has 7 heteroatoms. The number of carboxylic acid groups (broad SMARTS) is 1. The van der Waals surface area contributed by atoms with Gasteiger partial charge in [0.25, 0.3) is 5.69 Å². The maximum absolute atomic E-state index is 11.5. The van der Waals surface area contributed by atoms with Gasteiger partial charge in [-0.15, -0.1) is 0 Å². The van der Waals surface area contributed by atoms with Crippen LogP contribution in [0.15, 0.2) is 46.2 Å². The van der Waals surface area contributed by atoms with E-state index < -0.39 is 10.9 Å². The van der Waals surface area contributed by atoms with E-state index in [0.717, 1.165) is 11.8 Å². The first-order valence-electron chi connectivity index (χ1n) is 6.95. The first-order chi connectivity index (χ1) is 11.3. The number of thioether (sulfide) groups is 1. The van der Waals surface area contributed by atoms with Crippen LogP contribution in [-0.4, -0.2) is 21.1 Å². The fourth-order valence-electron chi connectivity index (χ4n) is 2.12. The molecule has 2 aromatic rings. The fourth-order valence-corrected chi connectivity index (χ4v) is 2.93. The summed E-state index contributed by atoms with van der Waals surface area (Å²) in [7, 11) is 0. The van der Waals surface area contributed by atoms with Gasteiger partial charge in [0, 0.05) is 17.0 Å². The van der Waals surface area contributed by atoms with E-state index in [-0.39, 0.29) is 16.3 Å². The number of aromatic hydroxyl groups is 1. The molecule has 0 heterocycles. The van der Waals surface area contributed by atoms with Gasteiger partial charge in [-0.1, -0.05) is 11.8 Å². The zero-order valence-electron chi connectivity index (χ0n) is 13.0. The molecule has 2 rings (SSSR count). The summed E-state index contributed by atoms with van der Waals surface area (Å²) in [4.78, 5) is 22.3. The van der Waals surface area contributed by atoms with Crippen molar-refractivity contribution in [1.29, 1.82) is 0 Å². The highest BCUT2D eigenvalue weighted by molar-refractivity contribution is 8.04. The lowest BCUT2D eigenvalue weighted by atomic mass is 10.1. The highest BCUT2D eigenvalue weighted by Gasteiger charge is 2.12. The minimum Gasteiger partial charge on any atom is -0.507 e. The van der Waals surface area contributed by atoms with Crippen LogP contribution in [0.4, 0.5) is 5.69 Å². The van der Waals surface area contributed by atoms with Crippen LogP contribution in [0.25, 0.3) is 6.08 Å². The predicted octanol–water partition coefficient (Wildman–Crippen LogP) is 4.14. The molecular weight excluding hydrogens is 330 g/mol. The van der Waals surface area contributed by atoms with Gasteiger partial charge in [0.05, 0.1) is 9.83 Å². The summed E-state index contributed by atoms with van der Waals surface area (Å²) in [6, 6.07) is 9.07. The van der Waals surface area contributed by atoms with Crippen molar-refractivity contribution in [1.82, 2.24) is 0 Å². The van der Waals surface area contributed by atoms with Gasteiger partial charge in [-0.05, 0) is 60.9 Å². The van der Waals surface area contributed by atoms with Crippen molar-refractivity contribution in [3.8, 4) is 5.75 Å². The van der Waals surface area contributed by atoms with E-state index in [0.29, 0.717) is 21.6 Å². The average Bonchev–Trinajstić information content (AvgIpc) is 2.52. The lowest BCUT2D eigenvalue weighted by Gasteiger charge is -2.07. The Morgan fingerprint density at radius 1 is 1.17 bits per heavy atom. The Balaban J connectivity index is 2.32. The smallest absolute Gasteiger partial charge is 0.342 e. The minimum atomic E-state index is -1.10. The summed E-state index contributed by atoms with van der Waals surface area (Å²) in [6.07, 6.45) is 1.51. The number of aliphatic carboxylic acids is 1. The Morgan fingerprint density at radius 2 is 1.71 bits per heavy atom. The van der Waals surface area contributed by atoms with Crippen molar-refractivity contribution in [2.45, 2.75) is 18.7 Å². The number of nitro benzene ring substituents is 1. The molecule has 0 saturated heterocycles. The SMILES string of the molecule is Cc1cc(/C=C(/Sc2ccc([N+](=O)[O-])cc2)C(=O)O)cc(C)c1O. The molecule has 24 heavy (non-hydrogen) atoms. The van der Waals surface area contributed by atoms with E-state index in [1.165, 1.54) is 30.3 Å². The fraction of sp³-hybridized carbons (Fsp3) is 0.118. The van der Waals surface area contributed by atoms with Crippen LogP contribution in [0.5, 0.6) is 5.75 Å². The van der Waals surface area contributed by atoms with Crippen molar-refractivity contribution >= 4 is 29.5 Å². The molecule has 0 radical (unpaired) electrons. The highest BCUT2D eigenvalue weighted by atomic mass is 32.2. The standard InChI is InChI=1S/C17H15NO5S/c1-10-7-12(8-11(2)16(10)19)9-15(17(20)21)24-14-5-3-13(4-6-14)18(22)23/h3-9,19H,1-2H3,(H,20,21)/b15-9+. The Hall–Kier alpha value is -2.80. The number of nitro groups is 1. The zero-order chi connectivity index (χ0) is 17.9. The number of carboxylic acids is 1. The number of phenolic OH excluding ortho intramolecular Hbond substituents is 1. The molecule has 0 aliphatic rings. The van der Waals surface area contributed by atoms with Gasteiger partial charge >= 0.3 is 5.97 Å². The molecule has 0 aliphatic carbocycles. The number of benzene rings is 2. The van der Waals surface area contributed by atoms with E-state index in [9.17, 15) is 25.1 Å². The summed E-state index contributed by atoms with van der Waals surface area (Å²) in [5, 5.41) is 29.8. The Kier molecular flexibility index (Phi) is 5.25. The van der Waals surface area contributed by atoms with Crippen molar-refractivity contribution in [2.24, 2.45) is 0 Å². The van der Waals surface area contributed by atoms with Gasteiger partial charge in [0.15, 0.2) is 0 Å². The second kappa shape index (κ2) is 7.18. The summed E-state index contributed by atoms with van der Waals surface area (Å²) >= 11 is 1.00.